The Labute approximate surface area is 231 Å². The summed E-state index contributed by atoms with van der Waals surface area (Å²) in [6.45, 7) is 4.25. The van der Waals surface area contributed by atoms with E-state index in [1.807, 2.05) is 25.4 Å². The number of methoxy groups -OCH3 is 1. The Morgan fingerprint density at radius 2 is 1.95 bits per heavy atom. The Kier molecular flexibility index (Phi) is 5.77. The minimum absolute atomic E-state index is 0.0222. The maximum Gasteiger partial charge on any atom is 0.250 e. The zero-order valence-electron chi connectivity index (χ0n) is 22.5. The largest absolute Gasteiger partial charge is 0.479 e. The van der Waals surface area contributed by atoms with Crippen molar-refractivity contribution in [1.82, 2.24) is 24.5 Å². The summed E-state index contributed by atoms with van der Waals surface area (Å²) in [7, 11) is 1.42. The number of nitrogens with zero attached hydrogens (tertiary/aromatic N) is 7. The summed E-state index contributed by atoms with van der Waals surface area (Å²) in [5.41, 5.74) is 4.47. The highest BCUT2D eigenvalue weighted by Gasteiger charge is 2.45. The van der Waals surface area contributed by atoms with Crippen molar-refractivity contribution in [3.8, 4) is 23.1 Å². The number of anilines is 1. The predicted octanol–water partition coefficient (Wildman–Crippen LogP) is 3.90. The fourth-order valence-corrected chi connectivity index (χ4v) is 6.68. The highest BCUT2D eigenvalue weighted by molar-refractivity contribution is 5.85. The third-order valence-corrected chi connectivity index (χ3v) is 8.75. The van der Waals surface area contributed by atoms with Gasteiger partial charge in [-0.3, -0.25) is 4.90 Å². The van der Waals surface area contributed by atoms with Crippen molar-refractivity contribution >= 4 is 11.3 Å². The van der Waals surface area contributed by atoms with E-state index >= 15 is 0 Å². The molecule has 8 rings (SSSR count). The van der Waals surface area contributed by atoms with Gasteiger partial charge in [0.15, 0.2) is 5.82 Å². The lowest BCUT2D eigenvalue weighted by Crippen LogP contribution is -2.68. The molecule has 9 nitrogen and oxygen atoms in total. The lowest BCUT2D eigenvalue weighted by molar-refractivity contribution is -0.0314. The van der Waals surface area contributed by atoms with Crippen molar-refractivity contribution < 1.29 is 14.2 Å². The fourth-order valence-electron chi connectivity index (χ4n) is 6.68. The Morgan fingerprint density at radius 1 is 1.15 bits per heavy atom. The summed E-state index contributed by atoms with van der Waals surface area (Å²) >= 11 is 0. The first kappa shape index (κ1) is 24.9. The molecule has 0 aromatic carbocycles. The Hall–Kier alpha value is -4.07. The molecule has 1 saturated carbocycles. The van der Waals surface area contributed by atoms with Crippen LogP contribution in [-0.2, 0) is 6.54 Å². The Morgan fingerprint density at radius 3 is 2.60 bits per heavy atom. The third-order valence-electron chi connectivity index (χ3n) is 8.75. The van der Waals surface area contributed by atoms with Crippen molar-refractivity contribution in [1.29, 1.82) is 5.26 Å². The van der Waals surface area contributed by atoms with Gasteiger partial charge in [0.2, 0.25) is 5.88 Å². The van der Waals surface area contributed by atoms with Crippen LogP contribution < -0.4 is 9.64 Å². The van der Waals surface area contributed by atoms with Gasteiger partial charge >= 0.3 is 0 Å². The van der Waals surface area contributed by atoms with Gasteiger partial charge in [-0.2, -0.15) is 10.4 Å². The first-order valence-corrected chi connectivity index (χ1v) is 13.6. The number of halogens is 1. The molecular weight excluding hydrogens is 509 g/mol. The van der Waals surface area contributed by atoms with E-state index in [1.165, 1.54) is 13.2 Å². The number of hydrogen-bond acceptors (Lipinski definition) is 8. The smallest absolute Gasteiger partial charge is 0.250 e. The summed E-state index contributed by atoms with van der Waals surface area (Å²) in [4.78, 5) is 13.6. The number of fused-ring (bicyclic) bond motifs is 3. The molecule has 0 amide bonds. The second kappa shape index (κ2) is 9.25. The molecule has 1 aliphatic carbocycles. The second-order valence-electron chi connectivity index (χ2n) is 11.6. The van der Waals surface area contributed by atoms with E-state index in [9.17, 15) is 14.8 Å². The molecule has 2 bridgehead atoms. The van der Waals surface area contributed by atoms with Crippen LogP contribution in [0.25, 0.3) is 16.6 Å². The fraction of sp³-hybridized carbons (Fsp3) is 0.400. The monoisotopic (exact) mass is 539 g/mol. The van der Waals surface area contributed by atoms with Gasteiger partial charge in [0.1, 0.15) is 11.9 Å². The van der Waals surface area contributed by atoms with Crippen molar-refractivity contribution in [2.45, 2.75) is 56.3 Å². The van der Waals surface area contributed by atoms with Crippen molar-refractivity contribution in [3.63, 3.8) is 0 Å². The number of hydrogen-bond donors (Lipinski definition) is 1. The first-order valence-electron chi connectivity index (χ1n) is 13.6. The molecule has 3 saturated heterocycles. The SMILES string of the molecule is COc1ncc(CN2C3CC2CN(c2ccc(-c4cc(C5CC(C)(O)C5)cn5ncc(C#N)c45)cn2)C3)cc1F. The van der Waals surface area contributed by atoms with Crippen LogP contribution in [0.2, 0.25) is 0 Å². The van der Waals surface area contributed by atoms with Gasteiger partial charge in [-0.05, 0) is 67.5 Å². The van der Waals surface area contributed by atoms with E-state index in [1.54, 1.807) is 16.9 Å². The average molecular weight is 540 g/mol. The minimum atomic E-state index is -0.628. The van der Waals surface area contributed by atoms with Crippen molar-refractivity contribution in [3.05, 3.63) is 71.6 Å². The molecule has 2 unspecified atom stereocenters. The molecule has 4 aromatic rings. The highest BCUT2D eigenvalue weighted by Crippen LogP contribution is 2.45. The van der Waals surface area contributed by atoms with Crippen LogP contribution in [0, 0.1) is 17.1 Å². The van der Waals surface area contributed by atoms with E-state index in [-0.39, 0.29) is 11.8 Å². The topological polar surface area (TPSA) is 103 Å². The molecule has 204 valence electrons. The summed E-state index contributed by atoms with van der Waals surface area (Å²) in [6.07, 6.45) is 9.68. The molecule has 7 heterocycles. The minimum Gasteiger partial charge on any atom is -0.479 e. The van der Waals surface area contributed by atoms with Gasteiger partial charge < -0.3 is 14.7 Å². The van der Waals surface area contributed by atoms with E-state index in [2.05, 4.69) is 38.1 Å². The number of aromatic nitrogens is 4. The van der Waals surface area contributed by atoms with Gasteiger partial charge in [-0.15, -0.1) is 0 Å². The number of pyridine rings is 3. The van der Waals surface area contributed by atoms with E-state index < -0.39 is 11.4 Å². The van der Waals surface area contributed by atoms with Crippen LogP contribution in [0.15, 0.2) is 49.1 Å². The van der Waals surface area contributed by atoms with Crippen molar-refractivity contribution in [2.24, 2.45) is 0 Å². The molecule has 10 heteroatoms. The second-order valence-corrected chi connectivity index (χ2v) is 11.6. The van der Waals surface area contributed by atoms with Crippen LogP contribution in [0.3, 0.4) is 0 Å². The standard InChI is InChI=1S/C30H30FN7O2/c1-30(39)8-21(9-30)20-6-25(28-22(10-32)13-35-38(28)15-20)19-3-4-27(33-12-19)36-16-23-7-24(17-36)37(23)14-18-5-26(31)29(40-2)34-11-18/h3-6,11-13,15,21,23-24,39H,7-9,14,16-17H2,1-2H3. The molecule has 4 aliphatic rings. The maximum absolute atomic E-state index is 14.1. The average Bonchev–Trinajstić information content (AvgIpc) is 3.37. The zero-order chi connectivity index (χ0) is 27.6. The van der Waals surface area contributed by atoms with Crippen molar-refractivity contribution in [2.75, 3.05) is 25.1 Å². The quantitative estimate of drug-likeness (QED) is 0.394. The Bertz CT molecular complexity index is 1620. The lowest BCUT2D eigenvalue weighted by Gasteiger charge is -2.56. The number of aliphatic hydroxyl groups is 1. The predicted molar refractivity (Wildman–Crippen MR) is 146 cm³/mol. The van der Waals surface area contributed by atoms with E-state index in [0.29, 0.717) is 37.0 Å². The van der Waals surface area contributed by atoms with Crippen LogP contribution in [0.5, 0.6) is 5.88 Å². The van der Waals surface area contributed by atoms with Gasteiger partial charge in [0.25, 0.3) is 0 Å². The molecular formula is C30H30FN7O2. The molecule has 3 aliphatic heterocycles. The summed E-state index contributed by atoms with van der Waals surface area (Å²) in [6, 6.07) is 10.8. The molecule has 0 spiro atoms. The lowest BCUT2D eigenvalue weighted by atomic mass is 9.69. The first-order chi connectivity index (χ1) is 19.3. The summed E-state index contributed by atoms with van der Waals surface area (Å²) in [5, 5.41) is 24.4. The van der Waals surface area contributed by atoms with E-state index in [0.717, 1.165) is 53.1 Å². The molecule has 4 fully saturated rings. The number of nitriles is 1. The van der Waals surface area contributed by atoms with Crippen LogP contribution >= 0.6 is 0 Å². The van der Waals surface area contributed by atoms with Gasteiger partial charge in [-0.25, -0.2) is 18.9 Å². The molecule has 4 aromatic heterocycles. The van der Waals surface area contributed by atoms with Crippen LogP contribution in [-0.4, -0.2) is 67.5 Å². The number of ether oxygens (including phenoxy) is 1. The van der Waals surface area contributed by atoms with E-state index in [4.69, 9.17) is 9.72 Å². The molecule has 0 radical (unpaired) electrons. The van der Waals surface area contributed by atoms with Gasteiger partial charge in [0.05, 0.1) is 30.0 Å². The summed E-state index contributed by atoms with van der Waals surface area (Å²) in [5.74, 6) is 0.769. The number of piperazine rings is 1. The number of piperidine rings is 1. The summed E-state index contributed by atoms with van der Waals surface area (Å²) < 4.78 is 20.8. The maximum atomic E-state index is 14.1. The Balaban J connectivity index is 1.10. The molecule has 2 atom stereocenters. The third kappa shape index (κ3) is 4.17. The van der Waals surface area contributed by atoms with Gasteiger partial charge in [-0.1, -0.05) is 0 Å². The van der Waals surface area contributed by atoms with Crippen LogP contribution in [0.4, 0.5) is 10.2 Å². The molecule has 1 N–H and O–H groups in total. The zero-order valence-corrected chi connectivity index (χ0v) is 22.5. The normalized spacial score (nSPS) is 25.8. The number of rotatable bonds is 6. The van der Waals surface area contributed by atoms with Gasteiger partial charge in [0, 0.05) is 61.4 Å². The highest BCUT2D eigenvalue weighted by atomic mass is 19.1. The molecule has 40 heavy (non-hydrogen) atoms. The van der Waals surface area contributed by atoms with Crippen LogP contribution in [0.1, 0.15) is 48.8 Å².